The number of hydrogen-bond donors (Lipinski definition) is 2. The normalized spacial score (nSPS) is 23.4. The Kier molecular flexibility index (Phi) is 5.36. The molecule has 0 radical (unpaired) electrons. The minimum atomic E-state index is -0.598. The van der Waals surface area contributed by atoms with Crippen molar-refractivity contribution >= 4 is 23.2 Å². The molecule has 1 heterocycles. The van der Waals surface area contributed by atoms with Crippen LogP contribution in [0.3, 0.4) is 0 Å². The number of aliphatic hydroxyl groups is 1. The van der Waals surface area contributed by atoms with Crippen LogP contribution in [0.2, 0.25) is 0 Å². The largest absolute Gasteiger partial charge is 0.391 e. The Morgan fingerprint density at radius 1 is 1.43 bits per heavy atom. The zero-order valence-electron chi connectivity index (χ0n) is 12.4. The molecular formula is C15H22N2O3S. The van der Waals surface area contributed by atoms with E-state index in [2.05, 4.69) is 5.32 Å². The fourth-order valence-corrected chi connectivity index (χ4v) is 3.38. The van der Waals surface area contributed by atoms with Crippen molar-refractivity contribution in [3.8, 4) is 0 Å². The van der Waals surface area contributed by atoms with Crippen LogP contribution in [0.1, 0.15) is 42.3 Å². The molecule has 5 nitrogen and oxygen atoms in total. The summed E-state index contributed by atoms with van der Waals surface area (Å²) in [6.45, 7) is 1.68. The van der Waals surface area contributed by atoms with Gasteiger partial charge in [-0.3, -0.25) is 9.59 Å². The zero-order chi connectivity index (χ0) is 15.4. The first-order valence-electron chi connectivity index (χ1n) is 7.30. The van der Waals surface area contributed by atoms with Gasteiger partial charge in [-0.05, 0) is 31.2 Å². The van der Waals surface area contributed by atoms with Gasteiger partial charge in [0.15, 0.2) is 0 Å². The van der Waals surface area contributed by atoms with Crippen LogP contribution in [0, 0.1) is 0 Å². The number of amides is 2. The summed E-state index contributed by atoms with van der Waals surface area (Å²) in [7, 11) is 1.70. The van der Waals surface area contributed by atoms with E-state index in [9.17, 15) is 14.7 Å². The minimum absolute atomic E-state index is 0.146. The third kappa shape index (κ3) is 3.83. The summed E-state index contributed by atoms with van der Waals surface area (Å²) in [5.74, 6) is -0.394. The van der Waals surface area contributed by atoms with Crippen molar-refractivity contribution in [2.75, 3.05) is 7.05 Å². The molecule has 1 fully saturated rings. The molecule has 3 unspecified atom stereocenters. The summed E-state index contributed by atoms with van der Waals surface area (Å²) in [5, 5.41) is 14.6. The van der Waals surface area contributed by atoms with Gasteiger partial charge >= 0.3 is 0 Å². The van der Waals surface area contributed by atoms with Crippen molar-refractivity contribution in [2.45, 2.75) is 50.8 Å². The first-order chi connectivity index (χ1) is 10.0. The highest BCUT2D eigenvalue weighted by molar-refractivity contribution is 7.12. The van der Waals surface area contributed by atoms with Crippen LogP contribution in [0.4, 0.5) is 0 Å². The van der Waals surface area contributed by atoms with E-state index in [1.807, 2.05) is 5.38 Å². The number of hydrogen-bond acceptors (Lipinski definition) is 4. The van der Waals surface area contributed by atoms with Gasteiger partial charge in [0.2, 0.25) is 5.91 Å². The van der Waals surface area contributed by atoms with Gasteiger partial charge < -0.3 is 15.3 Å². The number of likely N-dealkylation sites (N-methyl/N-ethyl adjacent to an activating group) is 1. The summed E-state index contributed by atoms with van der Waals surface area (Å²) in [6.07, 6.45) is 3.11. The summed E-state index contributed by atoms with van der Waals surface area (Å²) in [4.78, 5) is 26.5. The van der Waals surface area contributed by atoms with E-state index in [-0.39, 0.29) is 17.9 Å². The van der Waals surface area contributed by atoms with Gasteiger partial charge in [-0.25, -0.2) is 0 Å². The SMILES string of the molecule is CC(NC(=O)c1cccs1)C(=O)N(C)C1CCCCC1O. The first-order valence-corrected chi connectivity index (χ1v) is 8.17. The molecule has 2 rings (SSSR count). The molecule has 0 spiro atoms. The number of thiophene rings is 1. The molecule has 1 aromatic heterocycles. The maximum absolute atomic E-state index is 12.4. The Hall–Kier alpha value is -1.40. The number of carbonyl (C=O) groups excluding carboxylic acids is 2. The predicted molar refractivity (Wildman–Crippen MR) is 82.3 cm³/mol. The third-order valence-electron chi connectivity index (χ3n) is 4.00. The second-order valence-electron chi connectivity index (χ2n) is 5.54. The quantitative estimate of drug-likeness (QED) is 0.888. The third-order valence-corrected chi connectivity index (χ3v) is 4.87. The molecule has 2 N–H and O–H groups in total. The Bertz CT molecular complexity index is 489. The summed E-state index contributed by atoms with van der Waals surface area (Å²) in [6, 6.07) is 2.79. The number of nitrogens with one attached hydrogen (secondary N) is 1. The summed E-state index contributed by atoms with van der Waals surface area (Å²) >= 11 is 1.34. The Balaban J connectivity index is 1.93. The standard InChI is InChI=1S/C15H22N2O3S/c1-10(16-14(19)13-8-5-9-21-13)15(20)17(2)11-6-3-4-7-12(11)18/h5,8-12,18H,3-4,6-7H2,1-2H3,(H,16,19). The minimum Gasteiger partial charge on any atom is -0.391 e. The van der Waals surface area contributed by atoms with E-state index in [0.29, 0.717) is 4.88 Å². The molecule has 6 heteroatoms. The monoisotopic (exact) mass is 310 g/mol. The Morgan fingerprint density at radius 3 is 2.76 bits per heavy atom. The molecule has 1 aromatic rings. The molecule has 1 saturated carbocycles. The van der Waals surface area contributed by atoms with E-state index in [1.54, 1.807) is 31.0 Å². The molecule has 0 aromatic carbocycles. The maximum atomic E-state index is 12.4. The van der Waals surface area contributed by atoms with Crippen LogP contribution >= 0.6 is 11.3 Å². The van der Waals surface area contributed by atoms with Gasteiger partial charge in [0.1, 0.15) is 6.04 Å². The topological polar surface area (TPSA) is 69.6 Å². The molecule has 0 bridgehead atoms. The van der Waals surface area contributed by atoms with Crippen LogP contribution in [0.5, 0.6) is 0 Å². The van der Waals surface area contributed by atoms with E-state index < -0.39 is 12.1 Å². The summed E-state index contributed by atoms with van der Waals surface area (Å²) in [5.41, 5.74) is 0. The smallest absolute Gasteiger partial charge is 0.261 e. The van der Waals surface area contributed by atoms with E-state index in [0.717, 1.165) is 25.7 Å². The molecule has 116 valence electrons. The highest BCUT2D eigenvalue weighted by atomic mass is 32.1. The van der Waals surface area contributed by atoms with Crippen LogP contribution in [-0.4, -0.2) is 47.1 Å². The average Bonchev–Trinajstić information content (AvgIpc) is 3.00. The Labute approximate surface area is 129 Å². The second kappa shape index (κ2) is 7.04. The summed E-state index contributed by atoms with van der Waals surface area (Å²) < 4.78 is 0. The first kappa shape index (κ1) is 16.0. The van der Waals surface area contributed by atoms with Crippen LogP contribution in [0.25, 0.3) is 0 Å². The molecule has 0 saturated heterocycles. The van der Waals surface area contributed by atoms with Crippen molar-refractivity contribution < 1.29 is 14.7 Å². The van der Waals surface area contributed by atoms with Gasteiger partial charge in [-0.15, -0.1) is 11.3 Å². The lowest BCUT2D eigenvalue weighted by molar-refractivity contribution is -0.137. The molecular weight excluding hydrogens is 288 g/mol. The zero-order valence-corrected chi connectivity index (χ0v) is 13.2. The molecule has 1 aliphatic carbocycles. The molecule has 21 heavy (non-hydrogen) atoms. The molecule has 1 aliphatic rings. The van der Waals surface area contributed by atoms with Crippen molar-refractivity contribution in [1.82, 2.24) is 10.2 Å². The van der Waals surface area contributed by atoms with Crippen molar-refractivity contribution in [3.63, 3.8) is 0 Å². The van der Waals surface area contributed by atoms with Gasteiger partial charge in [-0.2, -0.15) is 0 Å². The molecule has 0 aliphatic heterocycles. The fraction of sp³-hybridized carbons (Fsp3) is 0.600. The van der Waals surface area contributed by atoms with E-state index in [1.165, 1.54) is 11.3 Å². The maximum Gasteiger partial charge on any atom is 0.261 e. The highest BCUT2D eigenvalue weighted by Gasteiger charge is 2.31. The van der Waals surface area contributed by atoms with Gasteiger partial charge in [0.05, 0.1) is 17.0 Å². The van der Waals surface area contributed by atoms with Crippen LogP contribution in [0.15, 0.2) is 17.5 Å². The number of carbonyl (C=O) groups is 2. The molecule has 3 atom stereocenters. The predicted octanol–water partition coefficient (Wildman–Crippen LogP) is 1.63. The molecule has 2 amide bonds. The Morgan fingerprint density at radius 2 is 2.14 bits per heavy atom. The van der Waals surface area contributed by atoms with E-state index in [4.69, 9.17) is 0 Å². The average molecular weight is 310 g/mol. The van der Waals surface area contributed by atoms with Gasteiger partial charge in [0, 0.05) is 7.05 Å². The lowest BCUT2D eigenvalue weighted by Gasteiger charge is -2.36. The van der Waals surface area contributed by atoms with Crippen molar-refractivity contribution in [1.29, 1.82) is 0 Å². The van der Waals surface area contributed by atoms with Crippen molar-refractivity contribution in [3.05, 3.63) is 22.4 Å². The lowest BCUT2D eigenvalue weighted by Crippen LogP contribution is -2.52. The lowest BCUT2D eigenvalue weighted by atomic mass is 9.91. The van der Waals surface area contributed by atoms with E-state index >= 15 is 0 Å². The van der Waals surface area contributed by atoms with Crippen molar-refractivity contribution in [2.24, 2.45) is 0 Å². The number of nitrogens with zero attached hydrogens (tertiary/aromatic N) is 1. The fourth-order valence-electron chi connectivity index (χ4n) is 2.75. The number of rotatable bonds is 4. The number of aliphatic hydroxyl groups excluding tert-OH is 1. The van der Waals surface area contributed by atoms with Gasteiger partial charge in [0.25, 0.3) is 5.91 Å². The highest BCUT2D eigenvalue weighted by Crippen LogP contribution is 2.22. The van der Waals surface area contributed by atoms with Gasteiger partial charge in [-0.1, -0.05) is 18.9 Å². The second-order valence-corrected chi connectivity index (χ2v) is 6.49. The van der Waals surface area contributed by atoms with Crippen LogP contribution in [-0.2, 0) is 4.79 Å². The van der Waals surface area contributed by atoms with Crippen LogP contribution < -0.4 is 5.32 Å².